The Labute approximate surface area is 161 Å². The largest absolute Gasteiger partial charge is 0.352 e. The number of nitrogens with zero attached hydrogens (tertiary/aromatic N) is 1. The fourth-order valence-electron chi connectivity index (χ4n) is 2.83. The topological polar surface area (TPSA) is 90.5 Å². The molecule has 1 aromatic carbocycles. The molecule has 0 radical (unpaired) electrons. The molecular weight excluding hydrogens is 376 g/mol. The monoisotopic (exact) mass is 402 g/mol. The molecule has 0 aromatic heterocycles. The van der Waals surface area contributed by atoms with Crippen molar-refractivity contribution in [2.45, 2.75) is 30.2 Å². The highest BCUT2D eigenvalue weighted by atomic mass is 35.5. The minimum atomic E-state index is -3.54. The lowest BCUT2D eigenvalue weighted by Gasteiger charge is -2.27. The van der Waals surface area contributed by atoms with Gasteiger partial charge < -0.3 is 15.5 Å². The van der Waals surface area contributed by atoms with Gasteiger partial charge in [0.25, 0.3) is 5.91 Å². The molecule has 146 valence electrons. The molecule has 1 aromatic rings. The second-order valence-corrected chi connectivity index (χ2v) is 8.34. The normalized spacial score (nSPS) is 18.2. The van der Waals surface area contributed by atoms with E-state index in [1.807, 2.05) is 0 Å². The van der Waals surface area contributed by atoms with Crippen molar-refractivity contribution in [3.05, 3.63) is 29.8 Å². The van der Waals surface area contributed by atoms with E-state index in [2.05, 4.69) is 20.3 Å². The van der Waals surface area contributed by atoms with E-state index in [-0.39, 0.29) is 29.3 Å². The third kappa shape index (κ3) is 6.21. The van der Waals surface area contributed by atoms with Gasteiger partial charge in [0.2, 0.25) is 10.0 Å². The summed E-state index contributed by atoms with van der Waals surface area (Å²) in [6.07, 6.45) is 2.64. The average Bonchev–Trinajstić information content (AvgIpc) is 3.43. The first-order valence-corrected chi connectivity index (χ1v) is 10.4. The molecule has 0 atom stereocenters. The first-order chi connectivity index (χ1) is 12.0. The van der Waals surface area contributed by atoms with E-state index in [1.165, 1.54) is 12.1 Å². The Morgan fingerprint density at radius 1 is 1.23 bits per heavy atom. The van der Waals surface area contributed by atoms with Gasteiger partial charge >= 0.3 is 0 Å². The molecule has 3 rings (SSSR count). The first-order valence-electron chi connectivity index (χ1n) is 8.88. The summed E-state index contributed by atoms with van der Waals surface area (Å²) in [5.74, 6) is -0.233. The minimum Gasteiger partial charge on any atom is -0.352 e. The number of rotatable bonds is 8. The number of piperazine rings is 1. The quantitative estimate of drug-likeness (QED) is 0.553. The highest BCUT2D eigenvalue weighted by Gasteiger charge is 2.28. The molecular formula is C17H27ClN4O3S. The van der Waals surface area contributed by atoms with Crippen LogP contribution in [0.2, 0.25) is 0 Å². The van der Waals surface area contributed by atoms with Crippen molar-refractivity contribution < 1.29 is 13.2 Å². The summed E-state index contributed by atoms with van der Waals surface area (Å²) in [6.45, 7) is 5.66. The van der Waals surface area contributed by atoms with Crippen molar-refractivity contribution in [3.8, 4) is 0 Å². The van der Waals surface area contributed by atoms with E-state index >= 15 is 0 Å². The number of halogens is 1. The molecule has 0 unspecified atom stereocenters. The van der Waals surface area contributed by atoms with Gasteiger partial charge in [-0.05, 0) is 44.0 Å². The second-order valence-electron chi connectivity index (χ2n) is 6.62. The number of hydrogen-bond donors (Lipinski definition) is 3. The van der Waals surface area contributed by atoms with Crippen LogP contribution in [0.15, 0.2) is 29.2 Å². The van der Waals surface area contributed by atoms with Crippen molar-refractivity contribution >= 4 is 28.3 Å². The number of hydrogen-bond acceptors (Lipinski definition) is 5. The maximum absolute atomic E-state index is 12.3. The molecule has 3 N–H and O–H groups in total. The van der Waals surface area contributed by atoms with E-state index in [1.54, 1.807) is 12.1 Å². The van der Waals surface area contributed by atoms with Crippen LogP contribution in [0.1, 0.15) is 29.6 Å². The molecule has 0 bridgehead atoms. The van der Waals surface area contributed by atoms with E-state index in [9.17, 15) is 13.2 Å². The van der Waals surface area contributed by atoms with Crippen LogP contribution in [-0.4, -0.2) is 64.5 Å². The van der Waals surface area contributed by atoms with E-state index in [4.69, 9.17) is 0 Å². The Morgan fingerprint density at radius 3 is 2.65 bits per heavy atom. The molecule has 9 heteroatoms. The van der Waals surface area contributed by atoms with Crippen molar-refractivity contribution in [3.63, 3.8) is 0 Å². The van der Waals surface area contributed by atoms with Gasteiger partial charge in [-0.1, -0.05) is 6.07 Å². The third-order valence-corrected chi connectivity index (χ3v) is 5.97. The van der Waals surface area contributed by atoms with E-state index in [0.29, 0.717) is 12.1 Å². The summed E-state index contributed by atoms with van der Waals surface area (Å²) in [7, 11) is -3.54. The highest BCUT2D eigenvalue weighted by Crippen LogP contribution is 2.22. The second kappa shape index (κ2) is 9.66. The molecule has 2 aliphatic rings. The van der Waals surface area contributed by atoms with Gasteiger partial charge in [-0.2, -0.15) is 0 Å². The third-order valence-electron chi connectivity index (χ3n) is 4.45. The number of amides is 1. The fraction of sp³-hybridized carbons (Fsp3) is 0.588. The van der Waals surface area contributed by atoms with Gasteiger partial charge in [-0.3, -0.25) is 4.79 Å². The van der Waals surface area contributed by atoms with Crippen molar-refractivity contribution in [2.75, 3.05) is 39.3 Å². The van der Waals surface area contributed by atoms with Gasteiger partial charge in [-0.15, -0.1) is 12.4 Å². The van der Waals surface area contributed by atoms with Gasteiger partial charge in [-0.25, -0.2) is 13.1 Å². The zero-order valence-corrected chi connectivity index (χ0v) is 16.4. The van der Waals surface area contributed by atoms with Crippen molar-refractivity contribution in [1.82, 2.24) is 20.3 Å². The summed E-state index contributed by atoms with van der Waals surface area (Å²) < 4.78 is 27.1. The zero-order chi connectivity index (χ0) is 17.7. The SMILES string of the molecule is Cl.O=C(NCCCN1CCNCC1)c1cccc(S(=O)(=O)NC2CC2)c1. The van der Waals surface area contributed by atoms with Crippen LogP contribution in [0.5, 0.6) is 0 Å². The van der Waals surface area contributed by atoms with Crippen LogP contribution in [0.4, 0.5) is 0 Å². The lowest BCUT2D eigenvalue weighted by molar-refractivity contribution is 0.0951. The number of benzene rings is 1. The Balaban J connectivity index is 0.00000243. The summed E-state index contributed by atoms with van der Waals surface area (Å²) in [6, 6.07) is 6.26. The van der Waals surface area contributed by atoms with Crippen LogP contribution in [-0.2, 0) is 10.0 Å². The van der Waals surface area contributed by atoms with E-state index < -0.39 is 10.0 Å². The number of nitrogens with one attached hydrogen (secondary N) is 3. The minimum absolute atomic E-state index is 0. The molecule has 7 nitrogen and oxygen atoms in total. The lowest BCUT2D eigenvalue weighted by atomic mass is 10.2. The van der Waals surface area contributed by atoms with Crippen LogP contribution in [0.25, 0.3) is 0 Å². The van der Waals surface area contributed by atoms with Gasteiger partial charge in [0.1, 0.15) is 0 Å². The van der Waals surface area contributed by atoms with Crippen molar-refractivity contribution in [2.24, 2.45) is 0 Å². The zero-order valence-electron chi connectivity index (χ0n) is 14.7. The van der Waals surface area contributed by atoms with Gasteiger partial charge in [0, 0.05) is 44.3 Å². The molecule has 26 heavy (non-hydrogen) atoms. The average molecular weight is 403 g/mol. The van der Waals surface area contributed by atoms with E-state index in [0.717, 1.165) is 52.0 Å². The molecule has 1 saturated carbocycles. The number of carbonyl (C=O) groups is 1. The highest BCUT2D eigenvalue weighted by molar-refractivity contribution is 7.89. The Morgan fingerprint density at radius 2 is 1.96 bits per heavy atom. The van der Waals surface area contributed by atoms with Crippen LogP contribution in [0, 0.1) is 0 Å². The Hall–Kier alpha value is -1.19. The maximum atomic E-state index is 12.3. The number of carbonyl (C=O) groups excluding carboxylic acids is 1. The molecule has 1 aliphatic carbocycles. The van der Waals surface area contributed by atoms with Crippen molar-refractivity contribution in [1.29, 1.82) is 0 Å². The van der Waals surface area contributed by atoms with Crippen LogP contribution < -0.4 is 15.4 Å². The van der Waals surface area contributed by atoms with Crippen LogP contribution >= 0.6 is 12.4 Å². The Bertz CT molecular complexity index is 704. The number of sulfonamides is 1. The molecule has 0 spiro atoms. The predicted octanol–water partition coefficient (Wildman–Crippen LogP) is 0.574. The summed E-state index contributed by atoms with van der Waals surface area (Å²) in [5.41, 5.74) is 0.376. The molecule has 1 heterocycles. The van der Waals surface area contributed by atoms with Gasteiger partial charge in [0.15, 0.2) is 0 Å². The molecule has 1 aliphatic heterocycles. The maximum Gasteiger partial charge on any atom is 0.251 e. The summed E-state index contributed by atoms with van der Waals surface area (Å²) in [5, 5.41) is 6.19. The summed E-state index contributed by atoms with van der Waals surface area (Å²) in [4.78, 5) is 14.8. The Kier molecular flexibility index (Phi) is 7.85. The first kappa shape index (κ1) is 21.1. The smallest absolute Gasteiger partial charge is 0.251 e. The molecule has 1 amide bonds. The fourth-order valence-corrected chi connectivity index (χ4v) is 4.18. The molecule has 1 saturated heterocycles. The standard InChI is InChI=1S/C17H26N4O3S.ClH/c22-17(19-7-2-10-21-11-8-18-9-12-21)14-3-1-4-16(13-14)25(23,24)20-15-5-6-15;/h1,3-4,13,15,18,20H,2,5-12H2,(H,19,22);1H. The summed E-state index contributed by atoms with van der Waals surface area (Å²) >= 11 is 0. The van der Waals surface area contributed by atoms with Gasteiger partial charge in [0.05, 0.1) is 4.90 Å². The lowest BCUT2D eigenvalue weighted by Crippen LogP contribution is -2.44. The predicted molar refractivity (Wildman–Crippen MR) is 103 cm³/mol. The molecule has 2 fully saturated rings. The van der Waals surface area contributed by atoms with Crippen LogP contribution in [0.3, 0.4) is 0 Å².